The molecule has 1 aromatic rings. The van der Waals surface area contributed by atoms with Crippen LogP contribution in [0.3, 0.4) is 0 Å². The number of halogens is 1. The Morgan fingerprint density at radius 3 is 2.57 bits per heavy atom. The second-order valence-corrected chi connectivity index (χ2v) is 4.13. The van der Waals surface area contributed by atoms with Gasteiger partial charge in [0.2, 0.25) is 0 Å². The number of benzene rings is 1. The molecule has 0 saturated heterocycles. The summed E-state index contributed by atoms with van der Waals surface area (Å²) in [4.78, 5) is 10.4. The minimum absolute atomic E-state index is 0.194. The van der Waals surface area contributed by atoms with E-state index in [0.717, 1.165) is 16.5 Å². The maximum Gasteiger partial charge on any atom is 0.303 e. The molecule has 0 saturated carbocycles. The fourth-order valence-corrected chi connectivity index (χ4v) is 1.91. The molecule has 0 amide bonds. The van der Waals surface area contributed by atoms with Gasteiger partial charge in [-0.15, -0.1) is 0 Å². The molecule has 0 aliphatic heterocycles. The Labute approximate surface area is 92.1 Å². The number of hydrogen-bond donors (Lipinski definition) is 1. The maximum atomic E-state index is 10.4. The van der Waals surface area contributed by atoms with Crippen LogP contribution in [-0.2, 0) is 17.6 Å². The van der Waals surface area contributed by atoms with Crippen LogP contribution < -0.4 is 0 Å². The Hall–Kier alpha value is -0.830. The summed E-state index contributed by atoms with van der Waals surface area (Å²) in [6, 6.07) is 6.10. The summed E-state index contributed by atoms with van der Waals surface area (Å²) in [5.74, 6) is -0.747. The first-order valence-corrected chi connectivity index (χ1v) is 5.41. The first-order chi connectivity index (χ1) is 6.61. The van der Waals surface area contributed by atoms with Gasteiger partial charge >= 0.3 is 5.97 Å². The highest BCUT2D eigenvalue weighted by molar-refractivity contribution is 9.10. The normalized spacial score (nSPS) is 10.1. The van der Waals surface area contributed by atoms with E-state index in [-0.39, 0.29) is 6.42 Å². The first-order valence-electron chi connectivity index (χ1n) is 4.62. The number of aliphatic carboxylic acids is 1. The Kier molecular flexibility index (Phi) is 4.14. The van der Waals surface area contributed by atoms with E-state index in [1.807, 2.05) is 6.07 Å². The number of hydrogen-bond acceptors (Lipinski definition) is 1. The van der Waals surface area contributed by atoms with Crippen molar-refractivity contribution in [2.45, 2.75) is 26.2 Å². The number of aryl methyl sites for hydroxylation is 2. The van der Waals surface area contributed by atoms with Crippen LogP contribution >= 0.6 is 15.9 Å². The molecule has 3 heteroatoms. The zero-order chi connectivity index (χ0) is 10.6. The van der Waals surface area contributed by atoms with Crippen molar-refractivity contribution in [2.75, 3.05) is 0 Å². The highest BCUT2D eigenvalue weighted by Gasteiger charge is 2.01. The molecule has 1 rings (SSSR count). The molecule has 0 aliphatic rings. The summed E-state index contributed by atoms with van der Waals surface area (Å²) in [5, 5.41) is 8.56. The van der Waals surface area contributed by atoms with Gasteiger partial charge in [-0.25, -0.2) is 0 Å². The molecule has 0 aliphatic carbocycles. The van der Waals surface area contributed by atoms with Crippen molar-refractivity contribution in [1.29, 1.82) is 0 Å². The third-order valence-corrected chi connectivity index (χ3v) is 2.51. The van der Waals surface area contributed by atoms with E-state index in [1.54, 1.807) is 0 Å². The van der Waals surface area contributed by atoms with E-state index in [4.69, 9.17) is 5.11 Å². The molecule has 0 spiro atoms. The van der Waals surface area contributed by atoms with Crippen molar-refractivity contribution in [1.82, 2.24) is 0 Å². The molecule has 0 atom stereocenters. The van der Waals surface area contributed by atoms with Gasteiger partial charge in [-0.05, 0) is 36.1 Å². The molecular formula is C11H13BrO2. The van der Waals surface area contributed by atoms with E-state index < -0.39 is 5.97 Å². The van der Waals surface area contributed by atoms with E-state index >= 15 is 0 Å². The Balaban J connectivity index is 2.76. The van der Waals surface area contributed by atoms with Crippen LogP contribution in [0, 0.1) is 0 Å². The second kappa shape index (κ2) is 5.15. The fourth-order valence-electron chi connectivity index (χ4n) is 1.32. The van der Waals surface area contributed by atoms with Crippen molar-refractivity contribution >= 4 is 21.9 Å². The van der Waals surface area contributed by atoms with Crippen molar-refractivity contribution in [3.63, 3.8) is 0 Å². The summed E-state index contributed by atoms with van der Waals surface area (Å²) in [6.07, 6.45) is 1.76. The lowest BCUT2D eigenvalue weighted by atomic mass is 10.1. The monoisotopic (exact) mass is 256 g/mol. The van der Waals surface area contributed by atoms with Crippen molar-refractivity contribution in [2.24, 2.45) is 0 Å². The second-order valence-electron chi connectivity index (χ2n) is 3.22. The van der Waals surface area contributed by atoms with Crippen molar-refractivity contribution < 1.29 is 9.90 Å². The number of rotatable bonds is 4. The molecule has 1 aromatic carbocycles. The third kappa shape index (κ3) is 3.50. The van der Waals surface area contributed by atoms with Crippen LogP contribution in [0.1, 0.15) is 24.5 Å². The van der Waals surface area contributed by atoms with E-state index in [1.165, 1.54) is 5.56 Å². The Morgan fingerprint density at radius 2 is 2.00 bits per heavy atom. The van der Waals surface area contributed by atoms with Gasteiger partial charge < -0.3 is 5.11 Å². The minimum atomic E-state index is -0.747. The zero-order valence-electron chi connectivity index (χ0n) is 8.09. The van der Waals surface area contributed by atoms with Crippen LogP contribution in [0.5, 0.6) is 0 Å². The molecule has 0 fully saturated rings. The van der Waals surface area contributed by atoms with Gasteiger partial charge in [0, 0.05) is 10.9 Å². The Morgan fingerprint density at radius 1 is 1.36 bits per heavy atom. The summed E-state index contributed by atoms with van der Waals surface area (Å²) in [6.45, 7) is 2.09. The highest BCUT2D eigenvalue weighted by Crippen LogP contribution is 2.17. The molecule has 0 bridgehead atoms. The van der Waals surface area contributed by atoms with Gasteiger partial charge in [0.1, 0.15) is 0 Å². The van der Waals surface area contributed by atoms with Gasteiger partial charge in [-0.3, -0.25) is 4.79 Å². The quantitative estimate of drug-likeness (QED) is 0.900. The summed E-state index contributed by atoms with van der Waals surface area (Å²) in [5.41, 5.74) is 2.32. The average Bonchev–Trinajstić information content (AvgIpc) is 2.14. The van der Waals surface area contributed by atoms with Gasteiger partial charge in [-0.2, -0.15) is 0 Å². The van der Waals surface area contributed by atoms with Crippen molar-refractivity contribution in [3.05, 3.63) is 33.8 Å². The number of carbonyl (C=O) groups is 1. The number of carboxylic acids is 1. The van der Waals surface area contributed by atoms with E-state index in [9.17, 15) is 4.79 Å². The summed E-state index contributed by atoms with van der Waals surface area (Å²) < 4.78 is 1.03. The average molecular weight is 257 g/mol. The number of carboxylic acid groups (broad SMARTS) is 1. The lowest BCUT2D eigenvalue weighted by Gasteiger charge is -2.03. The van der Waals surface area contributed by atoms with Crippen LogP contribution in [0.25, 0.3) is 0 Å². The molecule has 0 aromatic heterocycles. The zero-order valence-corrected chi connectivity index (χ0v) is 9.67. The Bertz CT molecular complexity index is 334. The van der Waals surface area contributed by atoms with Crippen LogP contribution in [0.15, 0.2) is 22.7 Å². The first kappa shape index (κ1) is 11.2. The van der Waals surface area contributed by atoms with Crippen molar-refractivity contribution in [3.8, 4) is 0 Å². The van der Waals surface area contributed by atoms with Crippen LogP contribution in [0.2, 0.25) is 0 Å². The molecular weight excluding hydrogens is 244 g/mol. The molecule has 0 radical (unpaired) electrons. The molecule has 2 nitrogen and oxygen atoms in total. The highest BCUT2D eigenvalue weighted by atomic mass is 79.9. The van der Waals surface area contributed by atoms with Crippen LogP contribution in [-0.4, -0.2) is 11.1 Å². The topological polar surface area (TPSA) is 37.3 Å². The predicted molar refractivity (Wildman–Crippen MR) is 59.5 cm³/mol. The summed E-state index contributed by atoms with van der Waals surface area (Å²) in [7, 11) is 0. The molecule has 14 heavy (non-hydrogen) atoms. The predicted octanol–water partition coefficient (Wildman–Crippen LogP) is 3.03. The van der Waals surface area contributed by atoms with E-state index in [2.05, 4.69) is 35.0 Å². The van der Waals surface area contributed by atoms with Gasteiger partial charge in [0.05, 0.1) is 0 Å². The lowest BCUT2D eigenvalue weighted by Crippen LogP contribution is -1.98. The fraction of sp³-hybridized carbons (Fsp3) is 0.364. The maximum absolute atomic E-state index is 10.4. The largest absolute Gasteiger partial charge is 0.481 e. The lowest BCUT2D eigenvalue weighted by molar-refractivity contribution is -0.136. The van der Waals surface area contributed by atoms with E-state index in [0.29, 0.717) is 6.42 Å². The minimum Gasteiger partial charge on any atom is -0.481 e. The summed E-state index contributed by atoms with van der Waals surface area (Å²) >= 11 is 3.41. The van der Waals surface area contributed by atoms with Gasteiger partial charge in [0.25, 0.3) is 0 Å². The SMILES string of the molecule is CCc1cc(Br)cc(CCC(=O)O)c1. The van der Waals surface area contributed by atoms with Gasteiger partial charge in [-0.1, -0.05) is 28.9 Å². The van der Waals surface area contributed by atoms with Crippen LogP contribution in [0.4, 0.5) is 0 Å². The molecule has 0 unspecified atom stereocenters. The van der Waals surface area contributed by atoms with Gasteiger partial charge in [0.15, 0.2) is 0 Å². The smallest absolute Gasteiger partial charge is 0.303 e. The molecule has 1 N–H and O–H groups in total. The molecule has 76 valence electrons. The molecule has 0 heterocycles. The third-order valence-electron chi connectivity index (χ3n) is 2.05. The standard InChI is InChI=1S/C11H13BrO2/c1-2-8-5-9(3-4-11(13)14)7-10(12)6-8/h5-7H,2-4H2,1H3,(H,13,14).